The molecule has 2 amide bonds. The Hall–Kier alpha value is -2.57. The van der Waals surface area contributed by atoms with Crippen molar-refractivity contribution < 1.29 is 19.1 Å². The third-order valence-corrected chi connectivity index (χ3v) is 4.62. The summed E-state index contributed by atoms with van der Waals surface area (Å²) in [5.74, 6) is -1.51. The SMILES string of the molecule is Cc1ccc(NC(=O)COC(=O)CCC(=O)Nc2cccc(Cl)c2Cl)c(C)c1. The summed E-state index contributed by atoms with van der Waals surface area (Å²) in [7, 11) is 0. The van der Waals surface area contributed by atoms with Crippen molar-refractivity contribution in [1.29, 1.82) is 0 Å². The van der Waals surface area contributed by atoms with Gasteiger partial charge in [-0.05, 0) is 37.6 Å². The molecular formula is C20H20Cl2N2O4. The zero-order valence-electron chi connectivity index (χ0n) is 15.5. The molecule has 2 rings (SSSR count). The van der Waals surface area contributed by atoms with E-state index < -0.39 is 24.4 Å². The molecule has 8 heteroatoms. The normalized spacial score (nSPS) is 10.3. The monoisotopic (exact) mass is 422 g/mol. The quantitative estimate of drug-likeness (QED) is 0.642. The van der Waals surface area contributed by atoms with Gasteiger partial charge in [0.05, 0.1) is 22.2 Å². The lowest BCUT2D eigenvalue weighted by molar-refractivity contribution is -0.147. The van der Waals surface area contributed by atoms with Crippen LogP contribution < -0.4 is 10.6 Å². The van der Waals surface area contributed by atoms with E-state index in [9.17, 15) is 14.4 Å². The number of anilines is 2. The lowest BCUT2D eigenvalue weighted by atomic mass is 10.1. The molecule has 0 aromatic heterocycles. The largest absolute Gasteiger partial charge is 0.456 e. The topological polar surface area (TPSA) is 84.5 Å². The van der Waals surface area contributed by atoms with Crippen molar-refractivity contribution in [1.82, 2.24) is 0 Å². The van der Waals surface area contributed by atoms with E-state index in [2.05, 4.69) is 10.6 Å². The maximum atomic E-state index is 11.9. The number of esters is 1. The second-order valence-corrected chi connectivity index (χ2v) is 6.96. The van der Waals surface area contributed by atoms with E-state index in [1.807, 2.05) is 26.0 Å². The second kappa shape index (κ2) is 10.1. The van der Waals surface area contributed by atoms with E-state index in [1.54, 1.807) is 24.3 Å². The highest BCUT2D eigenvalue weighted by molar-refractivity contribution is 6.44. The molecule has 2 aromatic carbocycles. The third kappa shape index (κ3) is 6.55. The minimum Gasteiger partial charge on any atom is -0.456 e. The van der Waals surface area contributed by atoms with Crippen LogP contribution in [-0.2, 0) is 19.1 Å². The number of carbonyl (C=O) groups is 3. The zero-order valence-corrected chi connectivity index (χ0v) is 17.0. The summed E-state index contributed by atoms with van der Waals surface area (Å²) in [6, 6.07) is 10.4. The highest BCUT2D eigenvalue weighted by Gasteiger charge is 2.13. The van der Waals surface area contributed by atoms with E-state index in [0.29, 0.717) is 16.4 Å². The molecule has 28 heavy (non-hydrogen) atoms. The summed E-state index contributed by atoms with van der Waals surface area (Å²) >= 11 is 11.9. The van der Waals surface area contributed by atoms with Gasteiger partial charge in [0.25, 0.3) is 5.91 Å². The van der Waals surface area contributed by atoms with Crippen LogP contribution in [0.25, 0.3) is 0 Å². The Bertz CT molecular complexity index is 900. The first kappa shape index (κ1) is 21.7. The van der Waals surface area contributed by atoms with E-state index in [4.69, 9.17) is 27.9 Å². The van der Waals surface area contributed by atoms with Crippen LogP contribution in [0.4, 0.5) is 11.4 Å². The standard InChI is InChI=1S/C20H20Cl2N2O4/c1-12-6-7-15(13(2)10-12)23-18(26)11-28-19(27)9-8-17(25)24-16-5-3-4-14(21)20(16)22/h3-7,10H,8-9,11H2,1-2H3,(H,23,26)(H,24,25). The molecule has 0 aliphatic carbocycles. The molecule has 0 saturated heterocycles. The van der Waals surface area contributed by atoms with Crippen LogP contribution >= 0.6 is 23.2 Å². The molecule has 0 heterocycles. The van der Waals surface area contributed by atoms with Crippen LogP contribution in [0.5, 0.6) is 0 Å². The molecule has 0 bridgehead atoms. The number of benzene rings is 2. The van der Waals surface area contributed by atoms with Gasteiger partial charge in [0, 0.05) is 12.1 Å². The molecule has 2 aromatic rings. The smallest absolute Gasteiger partial charge is 0.306 e. The maximum Gasteiger partial charge on any atom is 0.306 e. The first-order chi connectivity index (χ1) is 13.3. The van der Waals surface area contributed by atoms with Crippen LogP contribution in [0.1, 0.15) is 24.0 Å². The van der Waals surface area contributed by atoms with Gasteiger partial charge in [-0.3, -0.25) is 14.4 Å². The van der Waals surface area contributed by atoms with Crippen molar-refractivity contribution in [3.63, 3.8) is 0 Å². The Morgan fingerprint density at radius 3 is 2.36 bits per heavy atom. The maximum absolute atomic E-state index is 11.9. The minimum absolute atomic E-state index is 0.111. The van der Waals surface area contributed by atoms with Gasteiger partial charge in [-0.1, -0.05) is 47.0 Å². The molecule has 0 spiro atoms. The van der Waals surface area contributed by atoms with Gasteiger partial charge in [0.15, 0.2) is 6.61 Å². The lowest BCUT2D eigenvalue weighted by Crippen LogP contribution is -2.22. The van der Waals surface area contributed by atoms with Crippen molar-refractivity contribution in [3.8, 4) is 0 Å². The van der Waals surface area contributed by atoms with E-state index >= 15 is 0 Å². The van der Waals surface area contributed by atoms with Gasteiger partial charge in [-0.25, -0.2) is 0 Å². The fraction of sp³-hybridized carbons (Fsp3) is 0.250. The van der Waals surface area contributed by atoms with Gasteiger partial charge < -0.3 is 15.4 Å². The van der Waals surface area contributed by atoms with E-state index in [0.717, 1.165) is 11.1 Å². The zero-order chi connectivity index (χ0) is 20.7. The Morgan fingerprint density at radius 2 is 1.64 bits per heavy atom. The number of nitrogens with one attached hydrogen (secondary N) is 2. The van der Waals surface area contributed by atoms with Gasteiger partial charge in [0.2, 0.25) is 5.91 Å². The first-order valence-corrected chi connectivity index (χ1v) is 9.28. The first-order valence-electron chi connectivity index (χ1n) is 8.53. The average molecular weight is 423 g/mol. The summed E-state index contributed by atoms with van der Waals surface area (Å²) in [6.07, 6.45) is -0.277. The van der Waals surface area contributed by atoms with Crippen molar-refractivity contribution >= 4 is 52.4 Å². The molecule has 0 radical (unpaired) electrons. The summed E-state index contributed by atoms with van der Waals surface area (Å²) in [5, 5.41) is 5.79. The number of amides is 2. The number of hydrogen-bond acceptors (Lipinski definition) is 4. The molecular weight excluding hydrogens is 403 g/mol. The van der Waals surface area contributed by atoms with Crippen LogP contribution in [0.2, 0.25) is 10.0 Å². The summed E-state index contributed by atoms with van der Waals surface area (Å²) < 4.78 is 4.90. The van der Waals surface area contributed by atoms with Crippen LogP contribution in [0, 0.1) is 13.8 Å². The number of aryl methyl sites for hydroxylation is 2. The van der Waals surface area contributed by atoms with Crippen LogP contribution in [0.3, 0.4) is 0 Å². The molecule has 0 saturated carbocycles. The number of halogens is 2. The number of rotatable bonds is 7. The van der Waals surface area contributed by atoms with Crippen molar-refractivity contribution in [3.05, 3.63) is 57.6 Å². The van der Waals surface area contributed by atoms with E-state index in [-0.39, 0.29) is 17.9 Å². The molecule has 0 aliphatic heterocycles. The van der Waals surface area contributed by atoms with Crippen molar-refractivity contribution in [2.45, 2.75) is 26.7 Å². The molecule has 0 atom stereocenters. The Labute approximate surface area is 173 Å². The molecule has 6 nitrogen and oxygen atoms in total. The van der Waals surface area contributed by atoms with E-state index in [1.165, 1.54) is 0 Å². The van der Waals surface area contributed by atoms with Gasteiger partial charge in [-0.2, -0.15) is 0 Å². The number of hydrogen-bond donors (Lipinski definition) is 2. The number of ether oxygens (including phenoxy) is 1. The summed E-state index contributed by atoms with van der Waals surface area (Å²) in [4.78, 5) is 35.6. The van der Waals surface area contributed by atoms with Gasteiger partial charge in [-0.15, -0.1) is 0 Å². The lowest BCUT2D eigenvalue weighted by Gasteiger charge is -2.10. The van der Waals surface area contributed by atoms with Gasteiger partial charge >= 0.3 is 5.97 Å². The number of carbonyl (C=O) groups excluding carboxylic acids is 3. The second-order valence-electron chi connectivity index (χ2n) is 6.18. The summed E-state index contributed by atoms with van der Waals surface area (Å²) in [5.41, 5.74) is 3.01. The highest BCUT2D eigenvalue weighted by atomic mass is 35.5. The minimum atomic E-state index is -0.650. The Balaban J connectivity index is 1.74. The Kier molecular flexibility index (Phi) is 7.84. The molecule has 148 valence electrons. The third-order valence-electron chi connectivity index (χ3n) is 3.80. The van der Waals surface area contributed by atoms with Crippen LogP contribution in [0.15, 0.2) is 36.4 Å². The average Bonchev–Trinajstić information content (AvgIpc) is 2.64. The molecule has 0 unspecified atom stereocenters. The highest BCUT2D eigenvalue weighted by Crippen LogP contribution is 2.29. The molecule has 0 fully saturated rings. The van der Waals surface area contributed by atoms with Gasteiger partial charge in [0.1, 0.15) is 0 Å². The van der Waals surface area contributed by atoms with Crippen molar-refractivity contribution in [2.24, 2.45) is 0 Å². The fourth-order valence-corrected chi connectivity index (χ4v) is 2.73. The predicted molar refractivity (Wildman–Crippen MR) is 110 cm³/mol. The van der Waals surface area contributed by atoms with Crippen LogP contribution in [-0.4, -0.2) is 24.4 Å². The summed E-state index contributed by atoms with van der Waals surface area (Å²) in [6.45, 7) is 3.41. The Morgan fingerprint density at radius 1 is 0.929 bits per heavy atom. The predicted octanol–water partition coefficient (Wildman–Crippen LogP) is 4.51. The molecule has 2 N–H and O–H groups in total. The van der Waals surface area contributed by atoms with Crippen molar-refractivity contribution in [2.75, 3.05) is 17.2 Å². The fourth-order valence-electron chi connectivity index (χ4n) is 2.39. The molecule has 0 aliphatic rings.